The van der Waals surface area contributed by atoms with Crippen LogP contribution in [0.15, 0.2) is 24.3 Å². The Kier molecular flexibility index (Phi) is 3.85. The Bertz CT molecular complexity index is 456. The second-order valence-corrected chi connectivity index (χ2v) is 6.59. The van der Waals surface area contributed by atoms with Gasteiger partial charge in [0.25, 0.3) is 0 Å². The van der Waals surface area contributed by atoms with Crippen LogP contribution in [0.2, 0.25) is 0 Å². The molecule has 20 heavy (non-hydrogen) atoms. The van der Waals surface area contributed by atoms with E-state index < -0.39 is 0 Å². The van der Waals surface area contributed by atoms with Crippen LogP contribution in [0.4, 0.5) is 0 Å². The molecule has 2 atom stereocenters. The molecule has 1 aromatic carbocycles. The number of benzene rings is 1. The molecular formula is C17H27N3. The van der Waals surface area contributed by atoms with Crippen molar-refractivity contribution in [2.45, 2.75) is 44.3 Å². The summed E-state index contributed by atoms with van der Waals surface area (Å²) in [6.07, 6.45) is 3.87. The third-order valence-corrected chi connectivity index (χ3v) is 5.47. The van der Waals surface area contributed by atoms with Gasteiger partial charge in [0.1, 0.15) is 0 Å². The fraction of sp³-hybridized carbons (Fsp3) is 0.647. The molecule has 2 N–H and O–H groups in total. The minimum atomic E-state index is 0.182. The lowest BCUT2D eigenvalue weighted by atomic mass is 9.86. The molecule has 110 valence electrons. The van der Waals surface area contributed by atoms with Crippen LogP contribution in [0.5, 0.6) is 0 Å². The van der Waals surface area contributed by atoms with Crippen molar-refractivity contribution in [1.29, 1.82) is 0 Å². The van der Waals surface area contributed by atoms with E-state index in [1.54, 1.807) is 0 Å². The number of hydrogen-bond acceptors (Lipinski definition) is 3. The molecule has 0 saturated carbocycles. The van der Waals surface area contributed by atoms with Gasteiger partial charge in [-0.3, -0.25) is 9.80 Å². The minimum absolute atomic E-state index is 0.182. The standard InChI is InChI=1S/C17H27N3/c1-14-5-7-15(8-6-14)12-19(2)17(13-18)9-11-20-10-3-4-16(17)20/h5-8,16H,3-4,9-13,18H2,1-2H3. The first-order chi connectivity index (χ1) is 9.65. The van der Waals surface area contributed by atoms with E-state index in [9.17, 15) is 0 Å². The van der Waals surface area contributed by atoms with Gasteiger partial charge in [0, 0.05) is 31.2 Å². The maximum absolute atomic E-state index is 6.24. The van der Waals surface area contributed by atoms with Crippen molar-refractivity contribution in [2.24, 2.45) is 5.73 Å². The molecule has 3 nitrogen and oxygen atoms in total. The first-order valence-electron chi connectivity index (χ1n) is 7.86. The van der Waals surface area contributed by atoms with Gasteiger partial charge in [-0.05, 0) is 45.3 Å². The molecule has 2 aliphatic heterocycles. The summed E-state index contributed by atoms with van der Waals surface area (Å²) in [4.78, 5) is 5.17. The second kappa shape index (κ2) is 5.47. The average molecular weight is 273 g/mol. The van der Waals surface area contributed by atoms with Crippen molar-refractivity contribution in [3.63, 3.8) is 0 Å². The molecule has 2 saturated heterocycles. The Morgan fingerprint density at radius 3 is 2.75 bits per heavy atom. The number of nitrogens with two attached hydrogens (primary N) is 1. The van der Waals surface area contributed by atoms with Gasteiger partial charge in [-0.25, -0.2) is 0 Å². The highest BCUT2D eigenvalue weighted by Crippen LogP contribution is 2.39. The maximum atomic E-state index is 6.24. The van der Waals surface area contributed by atoms with Crippen LogP contribution < -0.4 is 5.73 Å². The summed E-state index contributed by atoms with van der Waals surface area (Å²) < 4.78 is 0. The van der Waals surface area contributed by atoms with Crippen LogP contribution in [0.3, 0.4) is 0 Å². The third-order valence-electron chi connectivity index (χ3n) is 5.47. The first-order valence-corrected chi connectivity index (χ1v) is 7.86. The van der Waals surface area contributed by atoms with Crippen LogP contribution in [-0.2, 0) is 6.54 Å². The molecule has 3 rings (SSSR count). The number of hydrogen-bond donors (Lipinski definition) is 1. The van der Waals surface area contributed by atoms with Gasteiger partial charge in [-0.1, -0.05) is 29.8 Å². The third kappa shape index (κ3) is 2.28. The maximum Gasteiger partial charge on any atom is 0.0499 e. The highest BCUT2D eigenvalue weighted by atomic mass is 15.3. The Balaban J connectivity index is 1.77. The molecule has 3 heteroatoms. The van der Waals surface area contributed by atoms with E-state index in [-0.39, 0.29) is 5.54 Å². The molecule has 1 aromatic rings. The monoisotopic (exact) mass is 273 g/mol. The largest absolute Gasteiger partial charge is 0.329 e. The fourth-order valence-corrected chi connectivity index (χ4v) is 4.17. The van der Waals surface area contributed by atoms with Gasteiger partial charge >= 0.3 is 0 Å². The van der Waals surface area contributed by atoms with Crippen LogP contribution in [0.25, 0.3) is 0 Å². The van der Waals surface area contributed by atoms with Crippen LogP contribution in [-0.4, -0.2) is 48.1 Å². The van der Waals surface area contributed by atoms with E-state index in [0.717, 1.165) is 13.1 Å². The lowest BCUT2D eigenvalue weighted by Crippen LogP contribution is -2.58. The zero-order chi connectivity index (χ0) is 14.2. The van der Waals surface area contributed by atoms with Gasteiger partial charge in [0.05, 0.1) is 0 Å². The Hall–Kier alpha value is -0.900. The highest BCUT2D eigenvalue weighted by Gasteiger charge is 2.50. The Morgan fingerprint density at radius 2 is 2.05 bits per heavy atom. The topological polar surface area (TPSA) is 32.5 Å². The van der Waals surface area contributed by atoms with Crippen molar-refractivity contribution in [2.75, 3.05) is 26.7 Å². The molecule has 0 spiro atoms. The van der Waals surface area contributed by atoms with Crippen LogP contribution >= 0.6 is 0 Å². The van der Waals surface area contributed by atoms with Crippen LogP contribution in [0.1, 0.15) is 30.4 Å². The van der Waals surface area contributed by atoms with E-state index in [1.807, 2.05) is 0 Å². The van der Waals surface area contributed by atoms with E-state index >= 15 is 0 Å². The zero-order valence-corrected chi connectivity index (χ0v) is 12.8. The lowest BCUT2D eigenvalue weighted by Gasteiger charge is -2.42. The minimum Gasteiger partial charge on any atom is -0.329 e. The zero-order valence-electron chi connectivity index (χ0n) is 12.8. The predicted molar refractivity (Wildman–Crippen MR) is 83.6 cm³/mol. The molecule has 0 bridgehead atoms. The predicted octanol–water partition coefficient (Wildman–Crippen LogP) is 1.99. The lowest BCUT2D eigenvalue weighted by molar-refractivity contribution is 0.0841. The summed E-state index contributed by atoms with van der Waals surface area (Å²) in [5.41, 5.74) is 9.13. The average Bonchev–Trinajstić information content (AvgIpc) is 3.03. The number of rotatable bonds is 4. The molecule has 2 fully saturated rings. The van der Waals surface area contributed by atoms with Crippen molar-refractivity contribution < 1.29 is 0 Å². The SMILES string of the molecule is Cc1ccc(CN(C)C2(CN)CCN3CCCC32)cc1. The van der Waals surface area contributed by atoms with Crippen molar-refractivity contribution in [1.82, 2.24) is 9.80 Å². The smallest absolute Gasteiger partial charge is 0.0499 e. The number of nitrogens with zero attached hydrogens (tertiary/aromatic N) is 2. The molecule has 0 aliphatic carbocycles. The van der Waals surface area contributed by atoms with Crippen molar-refractivity contribution in [3.8, 4) is 0 Å². The van der Waals surface area contributed by atoms with E-state index in [4.69, 9.17) is 5.73 Å². The summed E-state index contributed by atoms with van der Waals surface area (Å²) in [5.74, 6) is 0. The Morgan fingerprint density at radius 1 is 1.30 bits per heavy atom. The molecular weight excluding hydrogens is 246 g/mol. The van der Waals surface area contributed by atoms with Gasteiger partial charge in [-0.2, -0.15) is 0 Å². The quantitative estimate of drug-likeness (QED) is 0.910. The van der Waals surface area contributed by atoms with E-state index in [0.29, 0.717) is 6.04 Å². The summed E-state index contributed by atoms with van der Waals surface area (Å²) in [6, 6.07) is 9.57. The van der Waals surface area contributed by atoms with Gasteiger partial charge in [0.2, 0.25) is 0 Å². The summed E-state index contributed by atoms with van der Waals surface area (Å²) in [5, 5.41) is 0. The van der Waals surface area contributed by atoms with Gasteiger partial charge < -0.3 is 5.73 Å². The Labute approximate surface area is 122 Å². The van der Waals surface area contributed by atoms with Crippen LogP contribution in [0, 0.1) is 6.92 Å². The number of likely N-dealkylation sites (N-methyl/N-ethyl adjacent to an activating group) is 1. The summed E-state index contributed by atoms with van der Waals surface area (Å²) >= 11 is 0. The number of fused-ring (bicyclic) bond motifs is 1. The molecule has 2 heterocycles. The number of aryl methyl sites for hydroxylation is 1. The molecule has 2 unspecified atom stereocenters. The summed E-state index contributed by atoms with van der Waals surface area (Å²) in [6.45, 7) is 6.41. The van der Waals surface area contributed by atoms with Gasteiger partial charge in [-0.15, -0.1) is 0 Å². The molecule has 0 aromatic heterocycles. The fourth-order valence-electron chi connectivity index (χ4n) is 4.17. The normalized spacial score (nSPS) is 30.1. The van der Waals surface area contributed by atoms with E-state index in [2.05, 4.69) is 48.0 Å². The summed E-state index contributed by atoms with van der Waals surface area (Å²) in [7, 11) is 2.26. The van der Waals surface area contributed by atoms with Gasteiger partial charge in [0.15, 0.2) is 0 Å². The van der Waals surface area contributed by atoms with Crippen molar-refractivity contribution in [3.05, 3.63) is 35.4 Å². The second-order valence-electron chi connectivity index (χ2n) is 6.59. The molecule has 0 amide bonds. The van der Waals surface area contributed by atoms with E-state index in [1.165, 1.54) is 43.5 Å². The molecule has 2 aliphatic rings. The highest BCUT2D eigenvalue weighted by molar-refractivity contribution is 5.22. The molecule has 0 radical (unpaired) electrons. The first kappa shape index (κ1) is 14.1. The van der Waals surface area contributed by atoms with Crippen molar-refractivity contribution >= 4 is 0 Å².